The fourth-order valence-electron chi connectivity index (χ4n) is 1.95. The van der Waals surface area contributed by atoms with Gasteiger partial charge in [0.05, 0.1) is 4.90 Å². The average Bonchev–Trinajstić information content (AvgIpc) is 2.45. The van der Waals surface area contributed by atoms with Gasteiger partial charge in [0.15, 0.2) is 0 Å². The highest BCUT2D eigenvalue weighted by Crippen LogP contribution is 2.31. The maximum Gasteiger partial charge on any atom is 0.137 e. The summed E-state index contributed by atoms with van der Waals surface area (Å²) in [5.41, 5.74) is 7.92. The predicted molar refractivity (Wildman–Crippen MR) is 81.4 cm³/mol. The first-order valence-electron chi connectivity index (χ1n) is 6.83. The molecule has 0 amide bonds. The summed E-state index contributed by atoms with van der Waals surface area (Å²) in [5.74, 6) is -0.901. The first kappa shape index (κ1) is 15.9. The van der Waals surface area contributed by atoms with Crippen LogP contribution in [0.5, 0.6) is 0 Å². The molecule has 21 heavy (non-hydrogen) atoms. The van der Waals surface area contributed by atoms with Crippen LogP contribution < -0.4 is 5.73 Å². The summed E-state index contributed by atoms with van der Waals surface area (Å²) in [6.07, 6.45) is 3.43. The fourth-order valence-corrected chi connectivity index (χ4v) is 2.82. The molecule has 1 aromatic carbocycles. The van der Waals surface area contributed by atoms with Crippen molar-refractivity contribution in [3.8, 4) is 0 Å². The zero-order chi connectivity index (χ0) is 15.4. The van der Waals surface area contributed by atoms with Crippen LogP contribution in [0.1, 0.15) is 24.5 Å². The summed E-state index contributed by atoms with van der Waals surface area (Å²) in [7, 11) is 0. The Morgan fingerprint density at radius 2 is 2.05 bits per heavy atom. The van der Waals surface area contributed by atoms with Crippen molar-refractivity contribution < 1.29 is 8.78 Å². The molecule has 0 spiro atoms. The summed E-state index contributed by atoms with van der Waals surface area (Å²) >= 11 is 1.13. The number of halogens is 2. The maximum atomic E-state index is 13.7. The van der Waals surface area contributed by atoms with E-state index in [2.05, 4.69) is 4.98 Å². The molecule has 1 aromatic heterocycles. The molecule has 0 aliphatic rings. The third-order valence-electron chi connectivity index (χ3n) is 3.21. The molecule has 2 N–H and O–H groups in total. The van der Waals surface area contributed by atoms with E-state index in [1.807, 2.05) is 19.9 Å². The third-order valence-corrected chi connectivity index (χ3v) is 4.36. The van der Waals surface area contributed by atoms with Crippen molar-refractivity contribution >= 4 is 11.8 Å². The Hall–Kier alpha value is -1.46. The van der Waals surface area contributed by atoms with Crippen molar-refractivity contribution in [2.24, 2.45) is 5.73 Å². The highest BCUT2D eigenvalue weighted by Gasteiger charge is 2.10. The van der Waals surface area contributed by atoms with Gasteiger partial charge in [0, 0.05) is 12.2 Å². The number of nitrogens with two attached hydrogens (primary N) is 1. The smallest absolute Gasteiger partial charge is 0.137 e. The van der Waals surface area contributed by atoms with Crippen molar-refractivity contribution in [2.45, 2.75) is 42.7 Å². The zero-order valence-corrected chi connectivity index (χ0v) is 12.9. The van der Waals surface area contributed by atoms with E-state index in [1.165, 1.54) is 6.07 Å². The van der Waals surface area contributed by atoms with Gasteiger partial charge in [-0.25, -0.2) is 13.8 Å². The molecule has 1 unspecified atom stereocenters. The van der Waals surface area contributed by atoms with E-state index in [4.69, 9.17) is 5.73 Å². The maximum absolute atomic E-state index is 13.7. The Kier molecular flexibility index (Phi) is 5.31. The van der Waals surface area contributed by atoms with Gasteiger partial charge < -0.3 is 5.73 Å². The first-order valence-corrected chi connectivity index (χ1v) is 7.65. The van der Waals surface area contributed by atoms with Gasteiger partial charge in [0.2, 0.25) is 0 Å². The van der Waals surface area contributed by atoms with Gasteiger partial charge in [0.1, 0.15) is 16.7 Å². The van der Waals surface area contributed by atoms with Crippen LogP contribution in [0.15, 0.2) is 40.4 Å². The van der Waals surface area contributed by atoms with Gasteiger partial charge in [0.25, 0.3) is 0 Å². The summed E-state index contributed by atoms with van der Waals surface area (Å²) in [6, 6.07) is 5.53. The van der Waals surface area contributed by atoms with E-state index >= 15 is 0 Å². The van der Waals surface area contributed by atoms with E-state index < -0.39 is 11.6 Å². The van der Waals surface area contributed by atoms with Crippen LogP contribution in [0.2, 0.25) is 0 Å². The van der Waals surface area contributed by atoms with Gasteiger partial charge in [-0.15, -0.1) is 0 Å². The molecule has 2 rings (SSSR count). The molecule has 0 bridgehead atoms. The lowest BCUT2D eigenvalue weighted by Gasteiger charge is -2.11. The van der Waals surface area contributed by atoms with Crippen molar-refractivity contribution in [2.75, 3.05) is 0 Å². The lowest BCUT2D eigenvalue weighted by molar-refractivity contribution is 0.577. The summed E-state index contributed by atoms with van der Waals surface area (Å²) in [6.45, 7) is 3.95. The molecule has 0 saturated carbocycles. The number of benzene rings is 1. The Bertz CT molecular complexity index is 632. The van der Waals surface area contributed by atoms with E-state index in [9.17, 15) is 8.78 Å². The minimum absolute atomic E-state index is 0.116. The van der Waals surface area contributed by atoms with E-state index in [0.717, 1.165) is 47.9 Å². The van der Waals surface area contributed by atoms with E-state index in [1.54, 1.807) is 6.20 Å². The quantitative estimate of drug-likeness (QED) is 0.904. The number of aryl methyl sites for hydroxylation is 1. The average molecular weight is 308 g/mol. The van der Waals surface area contributed by atoms with Gasteiger partial charge in [-0.05, 0) is 49.1 Å². The minimum atomic E-state index is -0.456. The molecule has 0 aliphatic carbocycles. The van der Waals surface area contributed by atoms with Crippen LogP contribution in [-0.2, 0) is 6.42 Å². The van der Waals surface area contributed by atoms with Crippen LogP contribution in [0.3, 0.4) is 0 Å². The third kappa shape index (κ3) is 4.25. The Balaban J connectivity index is 2.19. The zero-order valence-electron chi connectivity index (χ0n) is 12.1. The Labute approximate surface area is 127 Å². The molecular formula is C16H18F2N2S. The highest BCUT2D eigenvalue weighted by molar-refractivity contribution is 7.99. The normalized spacial score (nSPS) is 12.4. The highest BCUT2D eigenvalue weighted by atomic mass is 32.2. The molecule has 1 heterocycles. The van der Waals surface area contributed by atoms with Crippen molar-refractivity contribution in [3.05, 3.63) is 53.2 Å². The monoisotopic (exact) mass is 308 g/mol. The topological polar surface area (TPSA) is 38.9 Å². The molecule has 2 aromatic rings. The van der Waals surface area contributed by atoms with Gasteiger partial charge in [-0.3, -0.25) is 0 Å². The van der Waals surface area contributed by atoms with Crippen LogP contribution in [0, 0.1) is 18.6 Å². The van der Waals surface area contributed by atoms with Crippen LogP contribution in [0.4, 0.5) is 8.78 Å². The van der Waals surface area contributed by atoms with Crippen molar-refractivity contribution in [3.63, 3.8) is 0 Å². The Morgan fingerprint density at radius 1 is 1.29 bits per heavy atom. The summed E-state index contributed by atoms with van der Waals surface area (Å²) in [4.78, 5) is 4.59. The predicted octanol–water partition coefficient (Wildman–Crippen LogP) is 4.10. The molecule has 2 nitrogen and oxygen atoms in total. The molecule has 0 saturated heterocycles. The van der Waals surface area contributed by atoms with Gasteiger partial charge >= 0.3 is 0 Å². The van der Waals surface area contributed by atoms with Crippen LogP contribution in [0.25, 0.3) is 0 Å². The number of hydrogen-bond acceptors (Lipinski definition) is 3. The molecule has 0 radical (unpaired) electrons. The fraction of sp³-hybridized carbons (Fsp3) is 0.312. The van der Waals surface area contributed by atoms with Crippen LogP contribution in [-0.4, -0.2) is 11.0 Å². The summed E-state index contributed by atoms with van der Waals surface area (Å²) in [5, 5.41) is 0.674. The summed E-state index contributed by atoms with van der Waals surface area (Å²) < 4.78 is 26.8. The Morgan fingerprint density at radius 3 is 2.71 bits per heavy atom. The van der Waals surface area contributed by atoms with E-state index in [0.29, 0.717) is 5.03 Å². The van der Waals surface area contributed by atoms with Crippen molar-refractivity contribution in [1.82, 2.24) is 4.98 Å². The van der Waals surface area contributed by atoms with Gasteiger partial charge in [-0.1, -0.05) is 24.8 Å². The molecule has 1 atom stereocenters. The number of aromatic nitrogens is 1. The number of nitrogens with zero attached hydrogens (tertiary/aromatic N) is 1. The number of pyridine rings is 1. The lowest BCUT2D eigenvalue weighted by Crippen LogP contribution is -2.21. The first-order chi connectivity index (χ1) is 9.99. The van der Waals surface area contributed by atoms with Crippen LogP contribution >= 0.6 is 11.8 Å². The SMILES string of the molecule is CCC(N)Cc1cnc(Sc2cc(F)ccc2F)c(C)c1. The van der Waals surface area contributed by atoms with Crippen molar-refractivity contribution in [1.29, 1.82) is 0 Å². The second-order valence-electron chi connectivity index (χ2n) is 5.01. The lowest BCUT2D eigenvalue weighted by atomic mass is 10.1. The molecule has 0 fully saturated rings. The number of rotatable bonds is 5. The second-order valence-corrected chi connectivity index (χ2v) is 6.05. The molecule has 5 heteroatoms. The molecular weight excluding hydrogens is 290 g/mol. The van der Waals surface area contributed by atoms with Gasteiger partial charge in [-0.2, -0.15) is 0 Å². The van der Waals surface area contributed by atoms with E-state index in [-0.39, 0.29) is 10.9 Å². The largest absolute Gasteiger partial charge is 0.327 e. The molecule has 112 valence electrons. The molecule has 0 aliphatic heterocycles. The standard InChI is InChI=1S/C16H18F2N2S/c1-3-13(19)7-11-6-10(2)16(20-9-11)21-15-8-12(17)4-5-14(15)18/h4-6,8-9,13H,3,7,19H2,1-2H3. The second kappa shape index (κ2) is 7.00. The number of hydrogen-bond donors (Lipinski definition) is 1. The minimum Gasteiger partial charge on any atom is -0.327 e.